The number of nitrogens with zero attached hydrogens (tertiary/aromatic N) is 2. The number of hydrogen-bond donors (Lipinski definition) is 2. The summed E-state index contributed by atoms with van der Waals surface area (Å²) in [5.41, 5.74) is 6.98. The van der Waals surface area contributed by atoms with Crippen molar-refractivity contribution >= 4 is 17.7 Å². The van der Waals surface area contributed by atoms with Crippen LogP contribution in [0.2, 0.25) is 0 Å². The highest BCUT2D eigenvalue weighted by Crippen LogP contribution is 2.22. The molecule has 1 atom stereocenters. The molecule has 0 bridgehead atoms. The van der Waals surface area contributed by atoms with E-state index in [0.717, 1.165) is 25.1 Å². The van der Waals surface area contributed by atoms with Crippen LogP contribution in [0.3, 0.4) is 0 Å². The topological polar surface area (TPSA) is 75.7 Å². The van der Waals surface area contributed by atoms with E-state index >= 15 is 0 Å². The minimum absolute atomic E-state index is 0.122. The van der Waals surface area contributed by atoms with Crippen LogP contribution in [-0.2, 0) is 0 Å². The van der Waals surface area contributed by atoms with E-state index in [1.54, 1.807) is 0 Å². The molecule has 0 fully saturated rings. The van der Waals surface area contributed by atoms with Crippen molar-refractivity contribution in [2.45, 2.75) is 58.3 Å². The number of aliphatic imine (C=N–C) groups is 1. The molecule has 0 aliphatic rings. The van der Waals surface area contributed by atoms with Gasteiger partial charge in [-0.25, -0.2) is 9.28 Å². The van der Waals surface area contributed by atoms with E-state index in [1.807, 2.05) is 37.4 Å². The molecule has 134 valence electrons. The summed E-state index contributed by atoms with van der Waals surface area (Å²) in [6, 6.07) is 9.75. The minimum atomic E-state index is -1.25. The molecule has 0 aliphatic carbocycles. The van der Waals surface area contributed by atoms with E-state index in [9.17, 15) is 4.79 Å². The van der Waals surface area contributed by atoms with E-state index in [4.69, 9.17) is 10.8 Å². The van der Waals surface area contributed by atoms with Crippen molar-refractivity contribution in [3.63, 3.8) is 0 Å². The van der Waals surface area contributed by atoms with Crippen LogP contribution in [0.25, 0.3) is 0 Å². The van der Waals surface area contributed by atoms with Crippen LogP contribution < -0.4 is 10.2 Å². The maximum atomic E-state index is 10.9. The zero-order chi connectivity index (χ0) is 17.8. The molecule has 5 nitrogen and oxygen atoms in total. The molecule has 0 aliphatic heterocycles. The van der Waals surface area contributed by atoms with Crippen molar-refractivity contribution in [3.8, 4) is 0 Å². The highest BCUT2D eigenvalue weighted by atomic mass is 16.4. The Bertz CT molecular complexity index is 517. The third-order valence-electron chi connectivity index (χ3n) is 4.50. The summed E-state index contributed by atoms with van der Waals surface area (Å²) in [5, 5.41) is 8.93. The molecular weight excluding hydrogens is 302 g/mol. The number of rotatable bonds is 10. The molecule has 1 aromatic rings. The van der Waals surface area contributed by atoms with Gasteiger partial charge in [-0.3, -0.25) is 0 Å². The first-order valence-corrected chi connectivity index (χ1v) is 8.99. The first kappa shape index (κ1) is 20.2. The van der Waals surface area contributed by atoms with E-state index < -0.39 is 6.09 Å². The van der Waals surface area contributed by atoms with Crippen LogP contribution in [0.4, 0.5) is 10.5 Å². The summed E-state index contributed by atoms with van der Waals surface area (Å²) in [6.45, 7) is 2.98. The van der Waals surface area contributed by atoms with Crippen LogP contribution in [0.5, 0.6) is 0 Å². The Kier molecular flexibility index (Phi) is 9.08. The SMILES string of the molecule is CCCCCCCCCC[N+](C)(C(N)=NC(=O)O)c1ccccc1. The third kappa shape index (κ3) is 6.71. The van der Waals surface area contributed by atoms with Gasteiger partial charge in [0.15, 0.2) is 0 Å². The highest BCUT2D eigenvalue weighted by molar-refractivity contribution is 5.95. The molecule has 3 N–H and O–H groups in total. The summed E-state index contributed by atoms with van der Waals surface area (Å²) in [5.74, 6) is 0.122. The average molecular weight is 334 g/mol. The van der Waals surface area contributed by atoms with Gasteiger partial charge in [0.1, 0.15) is 5.69 Å². The van der Waals surface area contributed by atoms with Gasteiger partial charge in [-0.15, -0.1) is 4.99 Å². The zero-order valence-electron chi connectivity index (χ0n) is 15.1. The van der Waals surface area contributed by atoms with Crippen molar-refractivity contribution in [2.24, 2.45) is 10.7 Å². The number of carboxylic acid groups (broad SMARTS) is 1. The van der Waals surface area contributed by atoms with Gasteiger partial charge in [0.25, 0.3) is 0 Å². The summed E-state index contributed by atoms with van der Waals surface area (Å²) in [7, 11) is 1.93. The minimum Gasteiger partial charge on any atom is -0.463 e. The molecule has 1 unspecified atom stereocenters. The third-order valence-corrected chi connectivity index (χ3v) is 4.50. The fraction of sp³-hybridized carbons (Fsp3) is 0.579. The molecular formula is C19H32N3O2+. The van der Waals surface area contributed by atoms with Crippen molar-refractivity contribution in [3.05, 3.63) is 30.3 Å². The van der Waals surface area contributed by atoms with Crippen LogP contribution >= 0.6 is 0 Å². The van der Waals surface area contributed by atoms with Crippen molar-refractivity contribution in [1.29, 1.82) is 0 Å². The molecule has 1 aromatic carbocycles. The lowest BCUT2D eigenvalue weighted by molar-refractivity contribution is 0.205. The second kappa shape index (κ2) is 10.8. The largest absolute Gasteiger partial charge is 0.463 e. The summed E-state index contributed by atoms with van der Waals surface area (Å²) in [4.78, 5) is 14.5. The van der Waals surface area contributed by atoms with Crippen LogP contribution in [-0.4, -0.2) is 30.8 Å². The lowest BCUT2D eigenvalue weighted by Gasteiger charge is -2.31. The van der Waals surface area contributed by atoms with Gasteiger partial charge in [-0.05, 0) is 25.0 Å². The van der Waals surface area contributed by atoms with Crippen molar-refractivity contribution in [1.82, 2.24) is 4.48 Å². The monoisotopic (exact) mass is 334 g/mol. The van der Waals surface area contributed by atoms with Crippen molar-refractivity contribution < 1.29 is 9.90 Å². The van der Waals surface area contributed by atoms with Crippen LogP contribution in [0, 0.1) is 0 Å². The number of nitrogens with two attached hydrogens (primary N) is 1. The number of hydrogen-bond acceptors (Lipinski definition) is 1. The van der Waals surface area contributed by atoms with Crippen molar-refractivity contribution in [2.75, 3.05) is 13.6 Å². The van der Waals surface area contributed by atoms with Gasteiger partial charge in [-0.1, -0.05) is 63.6 Å². The Labute approximate surface area is 145 Å². The van der Waals surface area contributed by atoms with Gasteiger partial charge in [-0.2, -0.15) is 0 Å². The average Bonchev–Trinajstić information content (AvgIpc) is 2.57. The smallest absolute Gasteiger partial charge is 0.437 e. The number of benzene rings is 1. The highest BCUT2D eigenvalue weighted by Gasteiger charge is 2.30. The quantitative estimate of drug-likeness (QED) is 0.280. The molecule has 0 saturated carbocycles. The maximum Gasteiger partial charge on any atom is 0.437 e. The molecule has 0 saturated heterocycles. The zero-order valence-corrected chi connectivity index (χ0v) is 15.1. The number of para-hydroxylation sites is 1. The fourth-order valence-corrected chi connectivity index (χ4v) is 2.90. The number of carbonyl (C=O) groups is 1. The number of guanidine groups is 1. The Morgan fingerprint density at radius 3 is 2.12 bits per heavy atom. The molecule has 1 amide bonds. The first-order chi connectivity index (χ1) is 11.5. The van der Waals surface area contributed by atoms with E-state index in [-0.39, 0.29) is 10.4 Å². The molecule has 5 heteroatoms. The first-order valence-electron chi connectivity index (χ1n) is 8.99. The number of unbranched alkanes of at least 4 members (excludes halogenated alkanes) is 7. The standard InChI is InChI=1S/C19H31N3O2/c1-3-4-5-6-7-8-9-13-16-22(2,18(20)21-19(23)24)17-14-11-10-12-15-17/h10-12,14-15H,3-9,13,16H2,1-2H3,(H2-,20,21,23,24)/p+1. The molecule has 0 radical (unpaired) electrons. The lowest BCUT2D eigenvalue weighted by Crippen LogP contribution is -2.55. The number of amides is 1. The van der Waals surface area contributed by atoms with Gasteiger partial charge in [0.05, 0.1) is 13.6 Å². The van der Waals surface area contributed by atoms with E-state index in [0.29, 0.717) is 0 Å². The molecule has 0 spiro atoms. The molecule has 1 rings (SSSR count). The Morgan fingerprint density at radius 2 is 1.58 bits per heavy atom. The maximum absolute atomic E-state index is 10.9. The van der Waals surface area contributed by atoms with Gasteiger partial charge in [0, 0.05) is 0 Å². The second-order valence-electron chi connectivity index (χ2n) is 6.48. The molecule has 24 heavy (non-hydrogen) atoms. The molecule has 0 aromatic heterocycles. The van der Waals surface area contributed by atoms with Gasteiger partial charge < -0.3 is 10.8 Å². The lowest BCUT2D eigenvalue weighted by atomic mass is 10.1. The fourth-order valence-electron chi connectivity index (χ4n) is 2.90. The van der Waals surface area contributed by atoms with E-state index in [2.05, 4.69) is 11.9 Å². The van der Waals surface area contributed by atoms with Gasteiger partial charge >= 0.3 is 12.1 Å². The van der Waals surface area contributed by atoms with E-state index in [1.165, 1.54) is 38.5 Å². The molecule has 0 heterocycles. The van der Waals surface area contributed by atoms with Crippen LogP contribution in [0.1, 0.15) is 58.3 Å². The summed E-state index contributed by atoms with van der Waals surface area (Å²) < 4.78 is 0.239. The Hall–Kier alpha value is -1.88. The summed E-state index contributed by atoms with van der Waals surface area (Å²) in [6.07, 6.45) is 8.60. The Balaban J connectivity index is 2.60. The predicted octanol–water partition coefficient (Wildman–Crippen LogP) is 4.76. The number of quaternary nitrogens is 1. The van der Waals surface area contributed by atoms with Gasteiger partial charge in [0.2, 0.25) is 0 Å². The predicted molar refractivity (Wildman–Crippen MR) is 101 cm³/mol. The van der Waals surface area contributed by atoms with Crippen LogP contribution in [0.15, 0.2) is 35.3 Å². The Morgan fingerprint density at radius 1 is 1.04 bits per heavy atom. The summed E-state index contributed by atoms with van der Waals surface area (Å²) >= 11 is 0. The second-order valence-corrected chi connectivity index (χ2v) is 6.48. The normalized spacial score (nSPS) is 14.3.